The smallest absolute Gasteiger partial charge is 0.329 e. The standard InChI is InChI=1S/C14H27F3N2/c1-3-9-19(11-14(15,16)17)13(10-18)7-5-12(4-2)6-8-13/h12H,3-11,18H2,1-2H3. The average molecular weight is 280 g/mol. The summed E-state index contributed by atoms with van der Waals surface area (Å²) in [5.41, 5.74) is 5.43. The molecular weight excluding hydrogens is 253 g/mol. The third kappa shape index (κ3) is 4.63. The summed E-state index contributed by atoms with van der Waals surface area (Å²) in [6.45, 7) is 4.06. The number of nitrogens with two attached hydrogens (primary N) is 1. The van der Waals surface area contributed by atoms with Crippen molar-refractivity contribution in [3.8, 4) is 0 Å². The number of nitrogens with zero attached hydrogens (tertiary/aromatic N) is 1. The molecule has 0 aromatic carbocycles. The van der Waals surface area contributed by atoms with Gasteiger partial charge in [-0.25, -0.2) is 0 Å². The van der Waals surface area contributed by atoms with Crippen molar-refractivity contribution in [2.75, 3.05) is 19.6 Å². The molecule has 19 heavy (non-hydrogen) atoms. The second-order valence-electron chi connectivity index (χ2n) is 5.82. The second kappa shape index (κ2) is 6.93. The fourth-order valence-electron chi connectivity index (χ4n) is 3.24. The maximum Gasteiger partial charge on any atom is 0.401 e. The highest BCUT2D eigenvalue weighted by molar-refractivity contribution is 4.96. The van der Waals surface area contributed by atoms with E-state index in [2.05, 4.69) is 6.92 Å². The molecule has 0 heterocycles. The van der Waals surface area contributed by atoms with Crippen molar-refractivity contribution in [1.82, 2.24) is 4.90 Å². The van der Waals surface area contributed by atoms with Gasteiger partial charge in [-0.15, -0.1) is 0 Å². The maximum absolute atomic E-state index is 12.8. The summed E-state index contributed by atoms with van der Waals surface area (Å²) in [5.74, 6) is 0.661. The van der Waals surface area contributed by atoms with Crippen molar-refractivity contribution in [3.05, 3.63) is 0 Å². The van der Waals surface area contributed by atoms with Crippen LogP contribution in [0.15, 0.2) is 0 Å². The highest BCUT2D eigenvalue weighted by Gasteiger charge is 2.43. The summed E-state index contributed by atoms with van der Waals surface area (Å²) in [6.07, 6.45) is 1.33. The summed E-state index contributed by atoms with van der Waals surface area (Å²) in [4.78, 5) is 1.60. The van der Waals surface area contributed by atoms with E-state index in [1.54, 1.807) is 4.90 Å². The lowest BCUT2D eigenvalue weighted by Crippen LogP contribution is -2.58. The van der Waals surface area contributed by atoms with Gasteiger partial charge in [0, 0.05) is 12.1 Å². The third-order valence-corrected chi connectivity index (χ3v) is 4.53. The SMILES string of the molecule is CCCN(CC(F)(F)F)C1(CN)CCC(CC)CC1. The number of hydrogen-bond acceptors (Lipinski definition) is 2. The Kier molecular flexibility index (Phi) is 6.12. The molecule has 0 bridgehead atoms. The first-order chi connectivity index (χ1) is 8.87. The van der Waals surface area contributed by atoms with E-state index >= 15 is 0 Å². The van der Waals surface area contributed by atoms with Crippen molar-refractivity contribution >= 4 is 0 Å². The molecular formula is C14H27F3N2. The van der Waals surface area contributed by atoms with Gasteiger partial charge in [0.2, 0.25) is 0 Å². The second-order valence-corrected chi connectivity index (χ2v) is 5.82. The highest BCUT2D eigenvalue weighted by atomic mass is 19.4. The molecule has 0 aromatic rings. The van der Waals surface area contributed by atoms with Gasteiger partial charge in [0.15, 0.2) is 0 Å². The predicted octanol–water partition coefficient (Wildman–Crippen LogP) is 3.56. The van der Waals surface area contributed by atoms with E-state index in [-0.39, 0.29) is 0 Å². The molecule has 2 nitrogen and oxygen atoms in total. The van der Waals surface area contributed by atoms with Gasteiger partial charge in [-0.3, -0.25) is 4.90 Å². The molecule has 0 spiro atoms. The molecule has 1 rings (SSSR count). The average Bonchev–Trinajstić information content (AvgIpc) is 2.37. The van der Waals surface area contributed by atoms with E-state index in [0.29, 0.717) is 19.0 Å². The van der Waals surface area contributed by atoms with Crippen molar-refractivity contribution in [3.63, 3.8) is 0 Å². The van der Waals surface area contributed by atoms with Crippen LogP contribution in [-0.2, 0) is 0 Å². The molecule has 5 heteroatoms. The van der Waals surface area contributed by atoms with Gasteiger partial charge in [0.05, 0.1) is 6.54 Å². The van der Waals surface area contributed by atoms with Crippen LogP contribution in [0.2, 0.25) is 0 Å². The van der Waals surface area contributed by atoms with Gasteiger partial charge < -0.3 is 5.73 Å². The first-order valence-corrected chi connectivity index (χ1v) is 7.38. The molecule has 1 aliphatic carbocycles. The quantitative estimate of drug-likeness (QED) is 0.806. The lowest BCUT2D eigenvalue weighted by Gasteiger charge is -2.47. The van der Waals surface area contributed by atoms with Crippen LogP contribution >= 0.6 is 0 Å². The van der Waals surface area contributed by atoms with Crippen LogP contribution in [0.3, 0.4) is 0 Å². The first kappa shape index (κ1) is 16.8. The molecule has 1 aliphatic rings. The Hall–Kier alpha value is -0.290. The molecule has 1 fully saturated rings. The Morgan fingerprint density at radius 1 is 1.21 bits per heavy atom. The molecule has 0 aliphatic heterocycles. The van der Waals surface area contributed by atoms with Crippen LogP contribution < -0.4 is 5.73 Å². The van der Waals surface area contributed by atoms with E-state index < -0.39 is 18.3 Å². The minimum Gasteiger partial charge on any atom is -0.329 e. The summed E-state index contributed by atoms with van der Waals surface area (Å²) in [6, 6.07) is 0. The Labute approximate surface area is 114 Å². The van der Waals surface area contributed by atoms with Gasteiger partial charge >= 0.3 is 6.18 Å². The zero-order valence-corrected chi connectivity index (χ0v) is 12.1. The fourth-order valence-corrected chi connectivity index (χ4v) is 3.24. The number of alkyl halides is 3. The Bertz CT molecular complexity index is 258. The summed E-state index contributed by atoms with van der Waals surface area (Å²) < 4.78 is 38.3. The van der Waals surface area contributed by atoms with E-state index in [1.165, 1.54) is 0 Å². The third-order valence-electron chi connectivity index (χ3n) is 4.53. The molecule has 0 unspecified atom stereocenters. The monoisotopic (exact) mass is 280 g/mol. The zero-order valence-electron chi connectivity index (χ0n) is 12.1. The molecule has 0 amide bonds. The van der Waals surface area contributed by atoms with Crippen molar-refractivity contribution in [2.45, 2.75) is 64.1 Å². The van der Waals surface area contributed by atoms with Crippen LogP contribution in [0.25, 0.3) is 0 Å². The highest BCUT2D eigenvalue weighted by Crippen LogP contribution is 2.38. The maximum atomic E-state index is 12.8. The first-order valence-electron chi connectivity index (χ1n) is 7.38. The van der Waals surface area contributed by atoms with E-state index in [1.807, 2.05) is 6.92 Å². The van der Waals surface area contributed by atoms with Crippen molar-refractivity contribution in [2.24, 2.45) is 11.7 Å². The van der Waals surface area contributed by atoms with Gasteiger partial charge in [-0.1, -0.05) is 20.3 Å². The topological polar surface area (TPSA) is 29.3 Å². The fraction of sp³-hybridized carbons (Fsp3) is 1.00. The van der Waals surface area contributed by atoms with E-state index in [9.17, 15) is 13.2 Å². The summed E-state index contributed by atoms with van der Waals surface area (Å²) >= 11 is 0. The summed E-state index contributed by atoms with van der Waals surface area (Å²) in [7, 11) is 0. The number of halogens is 3. The largest absolute Gasteiger partial charge is 0.401 e. The van der Waals surface area contributed by atoms with Crippen LogP contribution in [0.1, 0.15) is 52.4 Å². The van der Waals surface area contributed by atoms with Crippen LogP contribution in [0.5, 0.6) is 0 Å². The van der Waals surface area contributed by atoms with E-state index in [0.717, 1.165) is 38.5 Å². The van der Waals surface area contributed by atoms with Crippen LogP contribution in [0, 0.1) is 5.92 Å². The van der Waals surface area contributed by atoms with Gasteiger partial charge in [0.25, 0.3) is 0 Å². The Morgan fingerprint density at radius 3 is 2.16 bits per heavy atom. The molecule has 0 saturated heterocycles. The zero-order chi connectivity index (χ0) is 14.5. The van der Waals surface area contributed by atoms with Gasteiger partial charge in [-0.05, 0) is 44.6 Å². The van der Waals surface area contributed by atoms with Gasteiger partial charge in [0.1, 0.15) is 0 Å². The van der Waals surface area contributed by atoms with Crippen molar-refractivity contribution < 1.29 is 13.2 Å². The van der Waals surface area contributed by atoms with Crippen molar-refractivity contribution in [1.29, 1.82) is 0 Å². The predicted molar refractivity (Wildman–Crippen MR) is 72.0 cm³/mol. The molecule has 114 valence electrons. The molecule has 0 atom stereocenters. The lowest BCUT2D eigenvalue weighted by atomic mass is 9.74. The number of hydrogen-bond donors (Lipinski definition) is 1. The van der Waals surface area contributed by atoms with Crippen LogP contribution in [-0.4, -0.2) is 36.2 Å². The minimum atomic E-state index is -4.14. The summed E-state index contributed by atoms with van der Waals surface area (Å²) in [5, 5.41) is 0. The minimum absolute atomic E-state index is 0.333. The number of rotatable bonds is 6. The Balaban J connectivity index is 2.78. The van der Waals surface area contributed by atoms with Gasteiger partial charge in [-0.2, -0.15) is 13.2 Å². The van der Waals surface area contributed by atoms with Crippen LogP contribution in [0.4, 0.5) is 13.2 Å². The van der Waals surface area contributed by atoms with E-state index in [4.69, 9.17) is 5.73 Å². The molecule has 0 aromatic heterocycles. The molecule has 1 saturated carbocycles. The normalized spacial score (nSPS) is 28.9. The molecule has 2 N–H and O–H groups in total. The lowest BCUT2D eigenvalue weighted by molar-refractivity contribution is -0.162. The Morgan fingerprint density at radius 2 is 1.79 bits per heavy atom. The molecule has 0 radical (unpaired) electrons.